The standard InChI is InChI=1S/C15H12ClNO/c1-11(18)15(10-14-4-2-3-9-17-14)12-5-7-13(16)8-6-12/h2-10H,1H3. The molecule has 2 aromatic rings. The van der Waals surface area contributed by atoms with Gasteiger partial charge in [-0.25, -0.2) is 0 Å². The average molecular weight is 258 g/mol. The molecule has 18 heavy (non-hydrogen) atoms. The summed E-state index contributed by atoms with van der Waals surface area (Å²) in [6.07, 6.45) is 3.48. The fourth-order valence-electron chi connectivity index (χ4n) is 1.63. The number of pyridine rings is 1. The van der Waals surface area contributed by atoms with Gasteiger partial charge in [-0.2, -0.15) is 0 Å². The summed E-state index contributed by atoms with van der Waals surface area (Å²) < 4.78 is 0. The molecule has 0 N–H and O–H groups in total. The second kappa shape index (κ2) is 5.61. The van der Waals surface area contributed by atoms with Gasteiger partial charge in [0.15, 0.2) is 5.78 Å². The van der Waals surface area contributed by atoms with Gasteiger partial charge in [0.2, 0.25) is 0 Å². The lowest BCUT2D eigenvalue weighted by molar-refractivity contribution is -0.111. The molecule has 0 saturated heterocycles. The third-order valence-corrected chi connectivity index (χ3v) is 2.77. The first-order valence-corrected chi connectivity index (χ1v) is 5.94. The molecule has 2 nitrogen and oxygen atoms in total. The van der Waals surface area contributed by atoms with Crippen LogP contribution in [0.15, 0.2) is 48.7 Å². The lowest BCUT2D eigenvalue weighted by atomic mass is 10.0. The van der Waals surface area contributed by atoms with Crippen LogP contribution in [0, 0.1) is 0 Å². The van der Waals surface area contributed by atoms with Gasteiger partial charge in [-0.3, -0.25) is 9.78 Å². The van der Waals surface area contributed by atoms with Gasteiger partial charge in [-0.15, -0.1) is 0 Å². The van der Waals surface area contributed by atoms with E-state index in [1.807, 2.05) is 30.3 Å². The lowest BCUT2D eigenvalue weighted by Crippen LogP contribution is -1.96. The van der Waals surface area contributed by atoms with Gasteiger partial charge >= 0.3 is 0 Å². The first kappa shape index (κ1) is 12.5. The molecule has 2 rings (SSSR count). The van der Waals surface area contributed by atoms with Crippen molar-refractivity contribution in [3.8, 4) is 0 Å². The van der Waals surface area contributed by atoms with Crippen LogP contribution in [-0.4, -0.2) is 10.8 Å². The first-order valence-electron chi connectivity index (χ1n) is 5.56. The average Bonchev–Trinajstić information content (AvgIpc) is 2.38. The number of nitrogens with zero attached hydrogens (tertiary/aromatic N) is 1. The van der Waals surface area contributed by atoms with Crippen molar-refractivity contribution in [1.82, 2.24) is 4.98 Å². The Morgan fingerprint density at radius 1 is 1.17 bits per heavy atom. The van der Waals surface area contributed by atoms with E-state index in [0.717, 1.165) is 11.3 Å². The van der Waals surface area contributed by atoms with Crippen molar-refractivity contribution >= 4 is 29.0 Å². The highest BCUT2D eigenvalue weighted by molar-refractivity contribution is 6.31. The number of hydrogen-bond donors (Lipinski definition) is 0. The van der Waals surface area contributed by atoms with Gasteiger partial charge in [0.05, 0.1) is 5.69 Å². The summed E-state index contributed by atoms with van der Waals surface area (Å²) in [5.41, 5.74) is 2.24. The number of halogens is 1. The second-order valence-electron chi connectivity index (χ2n) is 3.88. The molecule has 1 aromatic carbocycles. The number of allylic oxidation sites excluding steroid dienone is 1. The number of Topliss-reactive ketones (excluding diaryl/α,β-unsaturated/α-hetero) is 1. The minimum atomic E-state index is 0.00276. The third-order valence-electron chi connectivity index (χ3n) is 2.51. The monoisotopic (exact) mass is 257 g/mol. The Labute approximate surface area is 111 Å². The molecule has 1 heterocycles. The van der Waals surface area contributed by atoms with Crippen LogP contribution in [0.1, 0.15) is 18.2 Å². The maximum atomic E-state index is 11.7. The molecule has 0 atom stereocenters. The highest BCUT2D eigenvalue weighted by atomic mass is 35.5. The maximum absolute atomic E-state index is 11.7. The van der Waals surface area contributed by atoms with E-state index < -0.39 is 0 Å². The Kier molecular flexibility index (Phi) is 3.90. The van der Waals surface area contributed by atoms with Crippen LogP contribution in [0.25, 0.3) is 11.6 Å². The molecule has 0 radical (unpaired) electrons. The summed E-state index contributed by atoms with van der Waals surface area (Å²) in [4.78, 5) is 15.9. The molecule has 0 aliphatic heterocycles. The summed E-state index contributed by atoms with van der Waals surface area (Å²) in [5.74, 6) is 0.00276. The molecule has 0 spiro atoms. The third kappa shape index (κ3) is 3.05. The Bertz CT molecular complexity index is 573. The molecule has 0 aliphatic rings. The lowest BCUT2D eigenvalue weighted by Gasteiger charge is -2.04. The zero-order valence-corrected chi connectivity index (χ0v) is 10.7. The number of hydrogen-bond acceptors (Lipinski definition) is 2. The molecular weight excluding hydrogens is 246 g/mol. The van der Waals surface area contributed by atoms with Crippen molar-refractivity contribution in [3.63, 3.8) is 0 Å². The summed E-state index contributed by atoms with van der Waals surface area (Å²) >= 11 is 5.84. The van der Waals surface area contributed by atoms with Crippen LogP contribution < -0.4 is 0 Å². The number of ketones is 1. The Hall–Kier alpha value is -1.93. The van der Waals surface area contributed by atoms with Crippen molar-refractivity contribution in [2.45, 2.75) is 6.92 Å². The fraction of sp³-hybridized carbons (Fsp3) is 0.0667. The summed E-state index contributed by atoms with van der Waals surface area (Å²) in [6, 6.07) is 12.8. The normalized spacial score (nSPS) is 11.3. The SMILES string of the molecule is CC(=O)C(=Cc1ccccn1)c1ccc(Cl)cc1. The van der Waals surface area contributed by atoms with Crippen LogP contribution in [0.2, 0.25) is 5.02 Å². The van der Waals surface area contributed by atoms with E-state index in [1.54, 1.807) is 31.3 Å². The number of aromatic nitrogens is 1. The molecule has 0 unspecified atom stereocenters. The molecule has 0 fully saturated rings. The number of rotatable bonds is 3. The molecule has 0 saturated carbocycles. The van der Waals surface area contributed by atoms with Crippen LogP contribution in [0.5, 0.6) is 0 Å². The van der Waals surface area contributed by atoms with Crippen molar-refractivity contribution < 1.29 is 4.79 Å². The van der Waals surface area contributed by atoms with Crippen molar-refractivity contribution in [3.05, 3.63) is 64.9 Å². The van der Waals surface area contributed by atoms with E-state index in [-0.39, 0.29) is 5.78 Å². The van der Waals surface area contributed by atoms with Gasteiger partial charge < -0.3 is 0 Å². The highest BCUT2D eigenvalue weighted by Gasteiger charge is 2.07. The second-order valence-corrected chi connectivity index (χ2v) is 4.31. The van der Waals surface area contributed by atoms with Crippen molar-refractivity contribution in [2.24, 2.45) is 0 Å². The first-order chi connectivity index (χ1) is 8.66. The zero-order chi connectivity index (χ0) is 13.0. The van der Waals surface area contributed by atoms with Crippen molar-refractivity contribution in [1.29, 1.82) is 0 Å². The minimum Gasteiger partial charge on any atom is -0.294 e. The van der Waals surface area contributed by atoms with E-state index in [1.165, 1.54) is 0 Å². The van der Waals surface area contributed by atoms with Gasteiger partial charge in [0.25, 0.3) is 0 Å². The van der Waals surface area contributed by atoms with Crippen LogP contribution >= 0.6 is 11.6 Å². The minimum absolute atomic E-state index is 0.00276. The summed E-state index contributed by atoms with van der Waals surface area (Å²) in [7, 11) is 0. The molecule has 0 amide bonds. The Morgan fingerprint density at radius 2 is 1.89 bits per heavy atom. The van der Waals surface area contributed by atoms with Crippen LogP contribution in [0.4, 0.5) is 0 Å². The zero-order valence-electron chi connectivity index (χ0n) is 9.93. The van der Waals surface area contributed by atoms with E-state index in [4.69, 9.17) is 11.6 Å². The maximum Gasteiger partial charge on any atom is 0.160 e. The predicted octanol–water partition coefficient (Wildman–Crippen LogP) is 3.86. The summed E-state index contributed by atoms with van der Waals surface area (Å²) in [6.45, 7) is 1.55. The van der Waals surface area contributed by atoms with Crippen LogP contribution in [-0.2, 0) is 4.79 Å². The highest BCUT2D eigenvalue weighted by Crippen LogP contribution is 2.20. The molecule has 90 valence electrons. The number of carbonyl (C=O) groups excluding carboxylic acids is 1. The number of carbonyl (C=O) groups is 1. The van der Waals surface area contributed by atoms with Crippen molar-refractivity contribution in [2.75, 3.05) is 0 Å². The van der Waals surface area contributed by atoms with E-state index in [9.17, 15) is 4.79 Å². The quantitative estimate of drug-likeness (QED) is 0.782. The van der Waals surface area contributed by atoms with E-state index in [0.29, 0.717) is 10.6 Å². The Balaban J connectivity index is 2.44. The fourth-order valence-corrected chi connectivity index (χ4v) is 1.75. The van der Waals surface area contributed by atoms with Gasteiger partial charge in [-0.1, -0.05) is 29.8 Å². The van der Waals surface area contributed by atoms with Crippen LogP contribution in [0.3, 0.4) is 0 Å². The smallest absolute Gasteiger partial charge is 0.160 e. The van der Waals surface area contributed by atoms with Gasteiger partial charge in [0.1, 0.15) is 0 Å². The predicted molar refractivity (Wildman–Crippen MR) is 74.2 cm³/mol. The van der Waals surface area contributed by atoms with Gasteiger partial charge in [-0.05, 0) is 42.8 Å². The molecule has 3 heteroatoms. The Morgan fingerprint density at radius 3 is 2.44 bits per heavy atom. The summed E-state index contributed by atoms with van der Waals surface area (Å²) in [5, 5.41) is 0.652. The topological polar surface area (TPSA) is 30.0 Å². The van der Waals surface area contributed by atoms with E-state index >= 15 is 0 Å². The molecular formula is C15H12ClNO. The number of benzene rings is 1. The van der Waals surface area contributed by atoms with E-state index in [2.05, 4.69) is 4.98 Å². The van der Waals surface area contributed by atoms with Gasteiger partial charge in [0, 0.05) is 16.8 Å². The molecule has 0 bridgehead atoms. The molecule has 1 aromatic heterocycles. The molecule has 0 aliphatic carbocycles. The largest absolute Gasteiger partial charge is 0.294 e.